The Hall–Kier alpha value is -3.67. The Kier molecular flexibility index (Phi) is 9.31. The summed E-state index contributed by atoms with van der Waals surface area (Å²) in [7, 11) is 0. The van der Waals surface area contributed by atoms with Crippen LogP contribution in [0.25, 0.3) is 0 Å². The van der Waals surface area contributed by atoms with E-state index in [0.717, 1.165) is 0 Å². The lowest BCUT2D eigenvalue weighted by Crippen LogP contribution is -2.55. The van der Waals surface area contributed by atoms with E-state index in [4.69, 9.17) is 9.47 Å². The van der Waals surface area contributed by atoms with Crippen molar-refractivity contribution in [2.75, 3.05) is 0 Å². The van der Waals surface area contributed by atoms with Crippen LogP contribution in [0.2, 0.25) is 0 Å². The summed E-state index contributed by atoms with van der Waals surface area (Å²) in [5, 5.41) is 14.4. The zero-order valence-electron chi connectivity index (χ0n) is 24.3. The van der Waals surface area contributed by atoms with E-state index in [-0.39, 0.29) is 24.0 Å². The smallest absolute Gasteiger partial charge is 0.408 e. The maximum absolute atomic E-state index is 14.2. The monoisotopic (exact) mass is 596 g/mol. The van der Waals surface area contributed by atoms with Crippen LogP contribution in [0.4, 0.5) is 27.2 Å². The average molecular weight is 597 g/mol. The van der Waals surface area contributed by atoms with Gasteiger partial charge in [0.25, 0.3) is 0 Å². The van der Waals surface area contributed by atoms with Gasteiger partial charge in [0.1, 0.15) is 23.3 Å². The lowest BCUT2D eigenvalue weighted by molar-refractivity contribution is -0.148. The van der Waals surface area contributed by atoms with Crippen LogP contribution in [0.3, 0.4) is 0 Å². The van der Waals surface area contributed by atoms with Crippen molar-refractivity contribution in [1.29, 1.82) is 0 Å². The minimum atomic E-state index is -3.60. The number of carbonyl (C=O) groups is 3. The summed E-state index contributed by atoms with van der Waals surface area (Å²) in [6.45, 7) is 9.98. The molecule has 12 heteroatoms. The molecule has 8 nitrogen and oxygen atoms in total. The van der Waals surface area contributed by atoms with Crippen molar-refractivity contribution in [3.8, 4) is 0 Å². The molecule has 2 aliphatic carbocycles. The number of benzene rings is 2. The first-order chi connectivity index (χ1) is 19.2. The van der Waals surface area contributed by atoms with Crippen molar-refractivity contribution >= 4 is 18.0 Å². The fraction of sp³-hybridized carbons (Fsp3) is 0.500. The number of alkyl carbamates (subject to hydrolysis) is 2. The van der Waals surface area contributed by atoms with Crippen molar-refractivity contribution in [2.24, 2.45) is 0 Å². The van der Waals surface area contributed by atoms with Crippen LogP contribution in [0.5, 0.6) is 0 Å². The van der Waals surface area contributed by atoms with E-state index in [1.807, 2.05) is 0 Å². The predicted molar refractivity (Wildman–Crippen MR) is 145 cm³/mol. The van der Waals surface area contributed by atoms with Gasteiger partial charge in [-0.05, 0) is 59.1 Å². The molecular weight excluding hydrogens is 560 g/mol. The van der Waals surface area contributed by atoms with Crippen LogP contribution in [0.15, 0.2) is 48.5 Å². The molecule has 0 heterocycles. The van der Waals surface area contributed by atoms with Gasteiger partial charge in [0.15, 0.2) is 0 Å². The fourth-order valence-electron chi connectivity index (χ4n) is 4.61. The van der Waals surface area contributed by atoms with Crippen LogP contribution >= 0.6 is 0 Å². The highest BCUT2D eigenvalue weighted by Crippen LogP contribution is 2.40. The van der Waals surface area contributed by atoms with E-state index in [0.29, 0.717) is 11.1 Å². The van der Waals surface area contributed by atoms with Gasteiger partial charge in [-0.15, -0.1) is 0 Å². The van der Waals surface area contributed by atoms with E-state index < -0.39 is 59.2 Å². The quantitative estimate of drug-likeness (QED) is 0.401. The number of ether oxygens (including phenoxy) is 2. The van der Waals surface area contributed by atoms with Gasteiger partial charge >= 0.3 is 24.0 Å². The van der Waals surface area contributed by atoms with Gasteiger partial charge in [-0.3, -0.25) is 4.79 Å². The number of amides is 2. The second kappa shape index (κ2) is 11.9. The van der Waals surface area contributed by atoms with E-state index in [1.165, 1.54) is 30.3 Å². The second-order valence-electron chi connectivity index (χ2n) is 12.2. The Labute approximate surface area is 241 Å². The minimum Gasteiger partial charge on any atom is -0.444 e. The molecule has 0 saturated carbocycles. The van der Waals surface area contributed by atoms with Crippen LogP contribution < -0.4 is 10.6 Å². The second-order valence-corrected chi connectivity index (χ2v) is 12.2. The zero-order valence-corrected chi connectivity index (χ0v) is 24.3. The minimum absolute atomic E-state index is 0.0316. The van der Waals surface area contributed by atoms with E-state index >= 15 is 0 Å². The standard InChI is InChI=1S/C15H19F2NO3.C15H17F2NO3/c2*1-14(2,3)21-13(20)18-11-8-9-6-4-5-7-10(9)15(16,17)12(11)19/h4-7,11-12,19H,8H2,1-3H3,(H,18,20);4-7,11H,8H2,1-3H3,(H,18,20). The Balaban J connectivity index is 0.000000230. The number of rotatable bonds is 2. The van der Waals surface area contributed by atoms with Crippen LogP contribution in [-0.4, -0.2) is 52.5 Å². The molecule has 3 N–H and O–H groups in total. The molecule has 0 aliphatic heterocycles. The summed E-state index contributed by atoms with van der Waals surface area (Å²) in [5.74, 6) is -8.32. The van der Waals surface area contributed by atoms with Crippen molar-refractivity contribution in [2.45, 2.75) is 95.6 Å². The molecule has 42 heavy (non-hydrogen) atoms. The highest BCUT2D eigenvalue weighted by Gasteiger charge is 2.51. The fourth-order valence-corrected chi connectivity index (χ4v) is 4.61. The predicted octanol–water partition coefficient (Wildman–Crippen LogP) is 5.39. The molecule has 2 aliphatic rings. The van der Waals surface area contributed by atoms with Crippen LogP contribution in [0.1, 0.15) is 63.8 Å². The summed E-state index contributed by atoms with van der Waals surface area (Å²) in [6.07, 6.45) is -3.52. The van der Waals surface area contributed by atoms with E-state index in [1.54, 1.807) is 59.7 Å². The summed E-state index contributed by atoms with van der Waals surface area (Å²) in [4.78, 5) is 35.3. The molecule has 230 valence electrons. The van der Waals surface area contributed by atoms with Gasteiger partial charge < -0.3 is 25.2 Å². The first-order valence-corrected chi connectivity index (χ1v) is 13.4. The number of Topliss-reactive ketones (excluding diaryl/α,β-unsaturated/α-hetero) is 1. The summed E-state index contributed by atoms with van der Waals surface area (Å²) in [5.41, 5.74) is -1.22. The van der Waals surface area contributed by atoms with Gasteiger partial charge in [-0.1, -0.05) is 48.5 Å². The highest BCUT2D eigenvalue weighted by atomic mass is 19.3. The number of ketones is 1. The first-order valence-electron chi connectivity index (χ1n) is 13.4. The van der Waals surface area contributed by atoms with Crippen LogP contribution in [-0.2, 0) is 39.0 Å². The number of nitrogens with one attached hydrogen (secondary N) is 2. The molecule has 0 bridgehead atoms. The molecule has 0 aromatic heterocycles. The zero-order chi connectivity index (χ0) is 31.7. The highest BCUT2D eigenvalue weighted by molar-refractivity contribution is 5.95. The number of fused-ring (bicyclic) bond motifs is 2. The molecular formula is C30H36F4N2O6. The van der Waals surface area contributed by atoms with Gasteiger partial charge in [0.05, 0.1) is 6.04 Å². The molecule has 0 radical (unpaired) electrons. The number of hydrogen-bond acceptors (Lipinski definition) is 6. The summed E-state index contributed by atoms with van der Waals surface area (Å²) < 4.78 is 66.6. The Bertz CT molecular complexity index is 1320. The molecule has 2 aromatic rings. The molecule has 2 amide bonds. The topological polar surface area (TPSA) is 114 Å². The molecule has 0 fully saturated rings. The summed E-state index contributed by atoms with van der Waals surface area (Å²) in [6, 6.07) is 9.47. The molecule has 2 aromatic carbocycles. The Morgan fingerprint density at radius 1 is 0.786 bits per heavy atom. The lowest BCUT2D eigenvalue weighted by atomic mass is 9.83. The van der Waals surface area contributed by atoms with Gasteiger partial charge in [-0.25, -0.2) is 9.59 Å². The lowest BCUT2D eigenvalue weighted by Gasteiger charge is -2.36. The average Bonchev–Trinajstić information content (AvgIpc) is 2.84. The third kappa shape index (κ3) is 7.78. The van der Waals surface area contributed by atoms with Crippen molar-refractivity contribution < 1.29 is 46.5 Å². The number of alkyl halides is 4. The number of aliphatic hydroxyl groups is 1. The number of halogens is 4. The maximum Gasteiger partial charge on any atom is 0.408 e. The maximum atomic E-state index is 14.2. The Morgan fingerprint density at radius 2 is 1.24 bits per heavy atom. The number of aliphatic hydroxyl groups excluding tert-OH is 1. The largest absolute Gasteiger partial charge is 0.444 e. The van der Waals surface area contributed by atoms with Crippen molar-refractivity contribution in [3.05, 3.63) is 70.8 Å². The number of carbonyl (C=O) groups excluding carboxylic acids is 3. The number of hydrogen-bond donors (Lipinski definition) is 3. The first kappa shape index (κ1) is 32.8. The third-order valence-electron chi connectivity index (χ3n) is 6.37. The Morgan fingerprint density at radius 3 is 1.76 bits per heavy atom. The summed E-state index contributed by atoms with van der Waals surface area (Å²) >= 11 is 0. The van der Waals surface area contributed by atoms with E-state index in [2.05, 4.69) is 10.6 Å². The third-order valence-corrected chi connectivity index (χ3v) is 6.37. The molecule has 0 saturated heterocycles. The van der Waals surface area contributed by atoms with E-state index in [9.17, 15) is 37.1 Å². The van der Waals surface area contributed by atoms with Crippen molar-refractivity contribution in [3.63, 3.8) is 0 Å². The molecule has 3 unspecified atom stereocenters. The van der Waals surface area contributed by atoms with Gasteiger partial charge in [0, 0.05) is 17.5 Å². The normalized spacial score (nSPS) is 22.4. The van der Waals surface area contributed by atoms with Gasteiger partial charge in [0.2, 0.25) is 5.78 Å². The SMILES string of the molecule is CC(C)(C)OC(=O)NC1Cc2ccccc2C(F)(F)C1=O.CC(C)(C)OC(=O)NC1Cc2ccccc2C(F)(F)C1O. The van der Waals surface area contributed by atoms with Gasteiger partial charge in [-0.2, -0.15) is 17.6 Å². The van der Waals surface area contributed by atoms with Crippen molar-refractivity contribution in [1.82, 2.24) is 10.6 Å². The molecule has 0 spiro atoms. The molecule has 3 atom stereocenters. The molecule has 4 rings (SSSR count). The van der Waals surface area contributed by atoms with Crippen LogP contribution in [0, 0.1) is 0 Å².